The van der Waals surface area contributed by atoms with E-state index in [1.165, 1.54) is 11.1 Å². The van der Waals surface area contributed by atoms with Gasteiger partial charge in [0.25, 0.3) is 0 Å². The van der Waals surface area contributed by atoms with Crippen LogP contribution in [0.5, 0.6) is 11.5 Å². The summed E-state index contributed by atoms with van der Waals surface area (Å²) in [5.74, 6) is 1.61. The summed E-state index contributed by atoms with van der Waals surface area (Å²) in [5.41, 5.74) is 2.56. The number of aryl methyl sites for hydroxylation is 1. The Morgan fingerprint density at radius 2 is 1.32 bits per heavy atom. The molecule has 0 aromatic heterocycles. The Kier molecular flexibility index (Phi) is 4.85. The molecule has 2 rings (SSSR count). The van der Waals surface area contributed by atoms with Crippen molar-refractivity contribution in [1.82, 2.24) is 0 Å². The van der Waals surface area contributed by atoms with Gasteiger partial charge in [-0.3, -0.25) is 0 Å². The van der Waals surface area contributed by atoms with Crippen molar-refractivity contribution in [3.05, 3.63) is 59.7 Å². The number of rotatable bonds is 6. The molecular weight excluding hydrogens is 236 g/mol. The van der Waals surface area contributed by atoms with Gasteiger partial charge in [-0.2, -0.15) is 0 Å². The zero-order chi connectivity index (χ0) is 13.5. The first kappa shape index (κ1) is 13.5. The van der Waals surface area contributed by atoms with E-state index in [2.05, 4.69) is 25.1 Å². The Balaban J connectivity index is 2.10. The number of ether oxygens (including phenoxy) is 2. The fraction of sp³-hybridized carbons (Fsp3) is 0.294. The van der Waals surface area contributed by atoms with E-state index in [-0.39, 0.29) is 0 Å². The molecule has 0 aliphatic heterocycles. The maximum Gasteiger partial charge on any atom is 0.161 e. The number of hydrogen-bond donors (Lipinski definition) is 0. The van der Waals surface area contributed by atoms with Crippen LogP contribution in [-0.2, 0) is 13.0 Å². The molecule has 2 heteroatoms. The molecule has 19 heavy (non-hydrogen) atoms. The molecule has 0 fully saturated rings. The number of hydrogen-bond acceptors (Lipinski definition) is 2. The van der Waals surface area contributed by atoms with Crippen molar-refractivity contribution in [2.45, 2.75) is 26.9 Å². The summed E-state index contributed by atoms with van der Waals surface area (Å²) in [7, 11) is 0. The van der Waals surface area contributed by atoms with Gasteiger partial charge in [0.15, 0.2) is 11.5 Å². The number of para-hydroxylation sites is 2. The highest BCUT2D eigenvalue weighted by atomic mass is 16.5. The van der Waals surface area contributed by atoms with Gasteiger partial charge in [-0.05, 0) is 36.6 Å². The second-order valence-corrected chi connectivity index (χ2v) is 4.29. The maximum absolute atomic E-state index is 5.89. The zero-order valence-corrected chi connectivity index (χ0v) is 11.6. The van der Waals surface area contributed by atoms with Crippen LogP contribution in [0.2, 0.25) is 0 Å². The Morgan fingerprint density at radius 1 is 0.737 bits per heavy atom. The summed E-state index contributed by atoms with van der Waals surface area (Å²) in [6.07, 6.45) is 1.02. The normalized spacial score (nSPS) is 10.2. The third-order valence-corrected chi connectivity index (χ3v) is 3.03. The molecule has 0 N–H and O–H groups in total. The van der Waals surface area contributed by atoms with Crippen LogP contribution >= 0.6 is 0 Å². The molecular formula is C17H20O2. The molecule has 0 amide bonds. The van der Waals surface area contributed by atoms with Gasteiger partial charge in [0.1, 0.15) is 6.61 Å². The average Bonchev–Trinajstić information content (AvgIpc) is 2.47. The summed E-state index contributed by atoms with van der Waals surface area (Å²) >= 11 is 0. The van der Waals surface area contributed by atoms with E-state index in [4.69, 9.17) is 9.47 Å². The minimum Gasteiger partial charge on any atom is -0.490 e. The molecule has 0 heterocycles. The maximum atomic E-state index is 5.89. The van der Waals surface area contributed by atoms with Crippen LogP contribution in [-0.4, -0.2) is 6.61 Å². The molecule has 0 saturated heterocycles. The van der Waals surface area contributed by atoms with E-state index >= 15 is 0 Å². The summed E-state index contributed by atoms with van der Waals surface area (Å²) < 4.78 is 11.5. The lowest BCUT2D eigenvalue weighted by atomic mass is 10.1. The Hall–Kier alpha value is -1.96. The summed E-state index contributed by atoms with van der Waals surface area (Å²) in [5, 5.41) is 0. The molecule has 0 radical (unpaired) electrons. The van der Waals surface area contributed by atoms with Crippen LogP contribution in [0.1, 0.15) is 25.0 Å². The molecule has 2 aromatic rings. The monoisotopic (exact) mass is 256 g/mol. The van der Waals surface area contributed by atoms with E-state index in [0.717, 1.165) is 17.9 Å². The van der Waals surface area contributed by atoms with Crippen molar-refractivity contribution in [1.29, 1.82) is 0 Å². The standard InChI is InChI=1S/C17H20O2/c1-3-14-9-5-6-10-15(14)13-19-17-12-8-7-11-16(17)18-4-2/h5-12H,3-4,13H2,1-2H3. The summed E-state index contributed by atoms with van der Waals surface area (Å²) in [4.78, 5) is 0. The molecule has 100 valence electrons. The number of benzene rings is 2. The van der Waals surface area contributed by atoms with Crippen LogP contribution in [0, 0.1) is 0 Å². The lowest BCUT2D eigenvalue weighted by Gasteiger charge is -2.13. The largest absolute Gasteiger partial charge is 0.490 e. The van der Waals surface area contributed by atoms with Crippen molar-refractivity contribution in [3.8, 4) is 11.5 Å². The van der Waals surface area contributed by atoms with Crippen LogP contribution < -0.4 is 9.47 Å². The zero-order valence-electron chi connectivity index (χ0n) is 11.6. The molecule has 0 saturated carbocycles. The Bertz CT molecular complexity index is 520. The molecule has 0 aliphatic rings. The average molecular weight is 256 g/mol. The van der Waals surface area contributed by atoms with Gasteiger partial charge in [0.05, 0.1) is 6.61 Å². The lowest BCUT2D eigenvalue weighted by Crippen LogP contribution is -2.01. The summed E-state index contributed by atoms with van der Waals surface area (Å²) in [6, 6.07) is 16.2. The van der Waals surface area contributed by atoms with Gasteiger partial charge in [-0.1, -0.05) is 43.3 Å². The van der Waals surface area contributed by atoms with Gasteiger partial charge in [-0.15, -0.1) is 0 Å². The second kappa shape index (κ2) is 6.83. The predicted octanol–water partition coefficient (Wildman–Crippen LogP) is 4.23. The Labute approximate surface area is 115 Å². The molecule has 0 spiro atoms. The molecule has 2 aromatic carbocycles. The van der Waals surface area contributed by atoms with E-state index < -0.39 is 0 Å². The van der Waals surface area contributed by atoms with E-state index in [0.29, 0.717) is 13.2 Å². The summed E-state index contributed by atoms with van der Waals surface area (Å²) in [6.45, 7) is 5.36. The quantitative estimate of drug-likeness (QED) is 0.770. The van der Waals surface area contributed by atoms with Crippen molar-refractivity contribution in [2.24, 2.45) is 0 Å². The van der Waals surface area contributed by atoms with Gasteiger partial charge < -0.3 is 9.47 Å². The first-order valence-corrected chi connectivity index (χ1v) is 6.76. The molecule has 0 atom stereocenters. The predicted molar refractivity (Wildman–Crippen MR) is 77.8 cm³/mol. The van der Waals surface area contributed by atoms with E-state index in [9.17, 15) is 0 Å². The van der Waals surface area contributed by atoms with E-state index in [1.807, 2.05) is 37.3 Å². The topological polar surface area (TPSA) is 18.5 Å². The minimum absolute atomic E-state index is 0.577. The van der Waals surface area contributed by atoms with Crippen LogP contribution in [0.4, 0.5) is 0 Å². The minimum atomic E-state index is 0.577. The van der Waals surface area contributed by atoms with E-state index in [1.54, 1.807) is 0 Å². The van der Waals surface area contributed by atoms with Crippen molar-refractivity contribution >= 4 is 0 Å². The fourth-order valence-electron chi connectivity index (χ4n) is 2.04. The van der Waals surface area contributed by atoms with Crippen molar-refractivity contribution in [3.63, 3.8) is 0 Å². The molecule has 2 nitrogen and oxygen atoms in total. The molecule has 0 unspecified atom stereocenters. The first-order valence-electron chi connectivity index (χ1n) is 6.76. The van der Waals surface area contributed by atoms with Crippen LogP contribution in [0.25, 0.3) is 0 Å². The first-order chi connectivity index (χ1) is 9.35. The third kappa shape index (κ3) is 3.50. The molecule has 0 aliphatic carbocycles. The van der Waals surface area contributed by atoms with Gasteiger partial charge in [0.2, 0.25) is 0 Å². The Morgan fingerprint density at radius 3 is 1.95 bits per heavy atom. The van der Waals surface area contributed by atoms with Crippen LogP contribution in [0.15, 0.2) is 48.5 Å². The lowest BCUT2D eigenvalue weighted by molar-refractivity contribution is 0.268. The third-order valence-electron chi connectivity index (χ3n) is 3.03. The van der Waals surface area contributed by atoms with Crippen molar-refractivity contribution in [2.75, 3.05) is 6.61 Å². The molecule has 0 bridgehead atoms. The van der Waals surface area contributed by atoms with Gasteiger partial charge in [-0.25, -0.2) is 0 Å². The fourth-order valence-corrected chi connectivity index (χ4v) is 2.04. The highest BCUT2D eigenvalue weighted by molar-refractivity contribution is 5.39. The van der Waals surface area contributed by atoms with Gasteiger partial charge in [0, 0.05) is 0 Å². The van der Waals surface area contributed by atoms with Gasteiger partial charge >= 0.3 is 0 Å². The smallest absolute Gasteiger partial charge is 0.161 e. The highest BCUT2D eigenvalue weighted by Gasteiger charge is 2.05. The highest BCUT2D eigenvalue weighted by Crippen LogP contribution is 2.27. The van der Waals surface area contributed by atoms with Crippen molar-refractivity contribution < 1.29 is 9.47 Å². The SMILES string of the molecule is CCOc1ccccc1OCc1ccccc1CC. The second-order valence-electron chi connectivity index (χ2n) is 4.29. The van der Waals surface area contributed by atoms with Crippen LogP contribution in [0.3, 0.4) is 0 Å².